The average molecular weight is 220 g/mol. The first-order chi connectivity index (χ1) is 7.72. The third-order valence-corrected chi connectivity index (χ3v) is 2.58. The Morgan fingerprint density at radius 3 is 2.75 bits per heavy atom. The van der Waals surface area contributed by atoms with Gasteiger partial charge in [0.1, 0.15) is 0 Å². The van der Waals surface area contributed by atoms with E-state index in [9.17, 15) is 4.79 Å². The third-order valence-electron chi connectivity index (χ3n) is 2.58. The Kier molecular flexibility index (Phi) is 3.10. The molecule has 0 atom stereocenters. The van der Waals surface area contributed by atoms with Crippen LogP contribution in [0.15, 0.2) is 24.3 Å². The van der Waals surface area contributed by atoms with E-state index in [0.717, 1.165) is 18.4 Å². The van der Waals surface area contributed by atoms with E-state index in [0.29, 0.717) is 12.3 Å². The van der Waals surface area contributed by atoms with Gasteiger partial charge in [0, 0.05) is 19.0 Å². The molecule has 0 heterocycles. The number of carbonyl (C=O) groups is 1. The summed E-state index contributed by atoms with van der Waals surface area (Å²) in [7, 11) is 0. The summed E-state index contributed by atoms with van der Waals surface area (Å²) in [5.74, 6) is 0.612. The van der Waals surface area contributed by atoms with Crippen LogP contribution in [0.4, 0.5) is 0 Å². The highest BCUT2D eigenvalue weighted by Gasteiger charge is 2.33. The van der Waals surface area contributed by atoms with Crippen molar-refractivity contribution in [2.45, 2.75) is 32.4 Å². The minimum absolute atomic E-state index is 0.0608. The van der Waals surface area contributed by atoms with Crippen LogP contribution in [0.1, 0.15) is 25.3 Å². The quantitative estimate of drug-likeness (QED) is 0.781. The Hall–Kier alpha value is -1.55. The van der Waals surface area contributed by atoms with Crippen molar-refractivity contribution in [2.75, 3.05) is 0 Å². The summed E-state index contributed by atoms with van der Waals surface area (Å²) in [6.45, 7) is 1.93. The molecule has 4 nitrogen and oxygen atoms in total. The van der Waals surface area contributed by atoms with E-state index in [-0.39, 0.29) is 11.9 Å². The number of benzene rings is 1. The van der Waals surface area contributed by atoms with Gasteiger partial charge < -0.3 is 10.6 Å². The van der Waals surface area contributed by atoms with E-state index >= 15 is 0 Å². The van der Waals surface area contributed by atoms with Crippen LogP contribution in [0.5, 0.6) is 5.75 Å². The summed E-state index contributed by atoms with van der Waals surface area (Å²) >= 11 is 0. The second kappa shape index (κ2) is 4.53. The topological polar surface area (TPSA) is 55.6 Å². The van der Waals surface area contributed by atoms with E-state index in [1.165, 1.54) is 12.0 Å². The molecule has 4 heteroatoms. The molecule has 1 aromatic carbocycles. The van der Waals surface area contributed by atoms with Crippen molar-refractivity contribution < 1.29 is 9.63 Å². The van der Waals surface area contributed by atoms with Gasteiger partial charge in [-0.15, -0.1) is 0 Å². The molecule has 0 unspecified atom stereocenters. The minimum Gasteiger partial charge on any atom is -0.376 e. The molecule has 0 saturated heterocycles. The van der Waals surface area contributed by atoms with E-state index < -0.39 is 0 Å². The van der Waals surface area contributed by atoms with Gasteiger partial charge in [-0.2, -0.15) is 5.06 Å². The van der Waals surface area contributed by atoms with Crippen molar-refractivity contribution in [1.82, 2.24) is 5.06 Å². The largest absolute Gasteiger partial charge is 0.376 e. The number of nitrogens with two attached hydrogens (primary N) is 1. The van der Waals surface area contributed by atoms with E-state index in [2.05, 4.69) is 0 Å². The number of para-hydroxylation sites is 1. The van der Waals surface area contributed by atoms with Gasteiger partial charge in [-0.05, 0) is 18.9 Å². The lowest BCUT2D eigenvalue weighted by Gasteiger charge is -2.21. The normalized spacial score (nSPS) is 14.6. The van der Waals surface area contributed by atoms with Gasteiger partial charge in [0.05, 0.1) is 6.04 Å². The maximum Gasteiger partial charge on any atom is 0.252 e. The molecule has 1 fully saturated rings. The predicted molar refractivity (Wildman–Crippen MR) is 60.5 cm³/mol. The summed E-state index contributed by atoms with van der Waals surface area (Å²) in [4.78, 5) is 17.0. The van der Waals surface area contributed by atoms with Crippen LogP contribution in [0.3, 0.4) is 0 Å². The summed E-state index contributed by atoms with van der Waals surface area (Å²) in [5.41, 5.74) is 6.52. The summed E-state index contributed by atoms with van der Waals surface area (Å²) in [5, 5.41) is 1.45. The van der Waals surface area contributed by atoms with Gasteiger partial charge in [0.25, 0.3) is 5.91 Å². The molecule has 1 saturated carbocycles. The molecule has 1 amide bonds. The monoisotopic (exact) mass is 220 g/mol. The van der Waals surface area contributed by atoms with Crippen molar-refractivity contribution >= 4 is 5.91 Å². The zero-order valence-electron chi connectivity index (χ0n) is 9.35. The molecular formula is C12H16N2O2. The fourth-order valence-electron chi connectivity index (χ4n) is 1.57. The highest BCUT2D eigenvalue weighted by atomic mass is 16.7. The zero-order chi connectivity index (χ0) is 11.5. The van der Waals surface area contributed by atoms with Gasteiger partial charge in [-0.25, -0.2) is 0 Å². The van der Waals surface area contributed by atoms with Gasteiger partial charge in [0.2, 0.25) is 0 Å². The smallest absolute Gasteiger partial charge is 0.252 e. The van der Waals surface area contributed by atoms with Crippen LogP contribution in [-0.2, 0) is 11.3 Å². The van der Waals surface area contributed by atoms with E-state index in [1.807, 2.05) is 24.3 Å². The van der Waals surface area contributed by atoms with Crippen molar-refractivity contribution in [3.05, 3.63) is 29.8 Å². The van der Waals surface area contributed by atoms with Gasteiger partial charge in [0.15, 0.2) is 5.75 Å². The highest BCUT2D eigenvalue weighted by molar-refractivity contribution is 5.73. The van der Waals surface area contributed by atoms with Crippen LogP contribution in [0.2, 0.25) is 0 Å². The highest BCUT2D eigenvalue weighted by Crippen LogP contribution is 2.29. The lowest BCUT2D eigenvalue weighted by molar-refractivity contribution is -0.156. The van der Waals surface area contributed by atoms with E-state index in [4.69, 9.17) is 10.6 Å². The fourth-order valence-corrected chi connectivity index (χ4v) is 1.57. The molecule has 0 bridgehead atoms. The number of rotatable bonds is 4. The first kappa shape index (κ1) is 11.0. The summed E-state index contributed by atoms with van der Waals surface area (Å²) < 4.78 is 0. The van der Waals surface area contributed by atoms with E-state index in [1.54, 1.807) is 0 Å². The Bertz CT molecular complexity index is 388. The van der Waals surface area contributed by atoms with Crippen molar-refractivity contribution in [1.29, 1.82) is 0 Å². The molecule has 1 aliphatic rings. The van der Waals surface area contributed by atoms with Gasteiger partial charge in [-0.1, -0.05) is 18.2 Å². The number of carbonyl (C=O) groups excluding carboxylic acids is 1. The molecule has 2 N–H and O–H groups in total. The maximum absolute atomic E-state index is 11.4. The molecular weight excluding hydrogens is 204 g/mol. The minimum atomic E-state index is -0.0608. The molecule has 2 rings (SSSR count). The van der Waals surface area contributed by atoms with Crippen LogP contribution in [0, 0.1) is 0 Å². The molecule has 0 radical (unpaired) electrons. The number of nitrogens with zero attached hydrogens (tertiary/aromatic N) is 1. The molecule has 0 spiro atoms. The standard InChI is InChI=1S/C12H16N2O2/c1-9(15)14(11-6-7-11)16-12-5-3-2-4-10(12)8-13/h2-5,11H,6-8,13H2,1H3. The Balaban J connectivity index is 2.14. The SMILES string of the molecule is CC(=O)N(Oc1ccccc1CN)C1CC1. The Labute approximate surface area is 94.9 Å². The van der Waals surface area contributed by atoms with Gasteiger partial charge >= 0.3 is 0 Å². The second-order valence-corrected chi connectivity index (χ2v) is 3.98. The first-order valence-electron chi connectivity index (χ1n) is 5.48. The lowest BCUT2D eigenvalue weighted by atomic mass is 10.2. The molecule has 16 heavy (non-hydrogen) atoms. The third kappa shape index (κ3) is 2.33. The van der Waals surface area contributed by atoms with Gasteiger partial charge in [-0.3, -0.25) is 4.79 Å². The van der Waals surface area contributed by atoms with Crippen molar-refractivity contribution in [3.63, 3.8) is 0 Å². The molecule has 1 aliphatic carbocycles. The summed E-state index contributed by atoms with van der Waals surface area (Å²) in [6.07, 6.45) is 2.04. The Morgan fingerprint density at radius 1 is 1.50 bits per heavy atom. The molecule has 0 aliphatic heterocycles. The fraction of sp³-hybridized carbons (Fsp3) is 0.417. The zero-order valence-corrected chi connectivity index (χ0v) is 9.35. The lowest BCUT2D eigenvalue weighted by Crippen LogP contribution is -2.34. The van der Waals surface area contributed by atoms with Crippen LogP contribution < -0.4 is 10.6 Å². The van der Waals surface area contributed by atoms with Crippen LogP contribution in [-0.4, -0.2) is 17.0 Å². The van der Waals surface area contributed by atoms with Crippen molar-refractivity contribution in [3.8, 4) is 5.75 Å². The molecule has 0 aromatic heterocycles. The summed E-state index contributed by atoms with van der Waals surface area (Å²) in [6, 6.07) is 7.76. The van der Waals surface area contributed by atoms with Crippen LogP contribution >= 0.6 is 0 Å². The maximum atomic E-state index is 11.4. The van der Waals surface area contributed by atoms with Crippen LogP contribution in [0.25, 0.3) is 0 Å². The number of hydrogen-bond donors (Lipinski definition) is 1. The Morgan fingerprint density at radius 2 is 2.19 bits per heavy atom. The number of hydrogen-bond acceptors (Lipinski definition) is 3. The number of hydroxylamine groups is 2. The second-order valence-electron chi connectivity index (χ2n) is 3.98. The first-order valence-corrected chi connectivity index (χ1v) is 5.48. The number of amides is 1. The molecule has 1 aromatic rings. The van der Waals surface area contributed by atoms with Crippen molar-refractivity contribution in [2.24, 2.45) is 5.73 Å². The average Bonchev–Trinajstić information content (AvgIpc) is 3.10. The predicted octanol–water partition coefficient (Wildman–Crippen LogP) is 1.45. The molecule has 86 valence electrons.